The molecule has 2 saturated heterocycles. The number of carbonyl (C=O) groups is 2. The standard InChI is InChI=1S/C31H33ClF2N4O2/c32-25-3-1-2-22-17-38(29(40)28(22)25)24-5-4-21-8-13-36(26(21)16-24)18-27(39)35-14-11-30(12-15-35)9-6-23(7-10-30)37-19-31(33,34)20-37/h1-5,8,13,16,23H,6-7,9-12,14-15,17-20H2. The molecular formula is C31H33ClF2N4O2. The molecule has 0 unspecified atom stereocenters. The Balaban J connectivity index is 0.986. The zero-order valence-corrected chi connectivity index (χ0v) is 23.2. The van der Waals surface area contributed by atoms with Crippen LogP contribution in [0.4, 0.5) is 14.5 Å². The molecule has 0 N–H and O–H groups in total. The van der Waals surface area contributed by atoms with E-state index < -0.39 is 5.92 Å². The van der Waals surface area contributed by atoms with Crippen LogP contribution in [0, 0.1) is 5.41 Å². The lowest BCUT2D eigenvalue weighted by molar-refractivity contribution is -0.154. The molecule has 2 aromatic carbocycles. The molecule has 6 nitrogen and oxygen atoms in total. The minimum absolute atomic E-state index is 0.0845. The molecule has 2 amide bonds. The molecule has 3 aromatic rings. The minimum Gasteiger partial charge on any atom is -0.341 e. The van der Waals surface area contributed by atoms with Crippen molar-refractivity contribution in [1.82, 2.24) is 14.4 Å². The summed E-state index contributed by atoms with van der Waals surface area (Å²) < 4.78 is 28.6. The summed E-state index contributed by atoms with van der Waals surface area (Å²) in [6, 6.07) is 13.7. The van der Waals surface area contributed by atoms with Crippen LogP contribution < -0.4 is 4.90 Å². The second kappa shape index (κ2) is 9.55. The Hall–Kier alpha value is -2.97. The van der Waals surface area contributed by atoms with Crippen molar-refractivity contribution in [2.75, 3.05) is 31.1 Å². The van der Waals surface area contributed by atoms with Gasteiger partial charge in [0.25, 0.3) is 11.8 Å². The van der Waals surface area contributed by atoms with Gasteiger partial charge in [-0.3, -0.25) is 14.5 Å². The van der Waals surface area contributed by atoms with E-state index in [0.717, 1.165) is 73.8 Å². The number of piperidine rings is 1. The van der Waals surface area contributed by atoms with Crippen LogP contribution in [-0.4, -0.2) is 64.3 Å². The summed E-state index contributed by atoms with van der Waals surface area (Å²) in [4.78, 5) is 32.1. The first-order chi connectivity index (χ1) is 19.2. The normalized spacial score (nSPS) is 22.6. The van der Waals surface area contributed by atoms with Crippen molar-refractivity contribution in [3.63, 3.8) is 0 Å². The average Bonchev–Trinajstić information content (AvgIpc) is 3.49. The molecule has 0 atom stereocenters. The molecule has 210 valence electrons. The molecule has 40 heavy (non-hydrogen) atoms. The van der Waals surface area contributed by atoms with E-state index >= 15 is 0 Å². The molecule has 1 saturated carbocycles. The third-order valence-electron chi connectivity index (χ3n) is 9.84. The van der Waals surface area contributed by atoms with Gasteiger partial charge >= 0.3 is 0 Å². The summed E-state index contributed by atoms with van der Waals surface area (Å²) in [7, 11) is 0. The number of halogens is 3. The van der Waals surface area contributed by atoms with Gasteiger partial charge in [0, 0.05) is 31.0 Å². The molecule has 7 rings (SSSR count). The van der Waals surface area contributed by atoms with E-state index in [4.69, 9.17) is 11.6 Å². The number of fused-ring (bicyclic) bond motifs is 2. The Morgan fingerprint density at radius 2 is 1.75 bits per heavy atom. The Morgan fingerprint density at radius 3 is 2.45 bits per heavy atom. The van der Waals surface area contributed by atoms with E-state index in [1.54, 1.807) is 11.0 Å². The fourth-order valence-corrected chi connectivity index (χ4v) is 7.64. The highest BCUT2D eigenvalue weighted by Gasteiger charge is 2.48. The van der Waals surface area contributed by atoms with Gasteiger partial charge in [-0.2, -0.15) is 0 Å². The Labute approximate surface area is 237 Å². The maximum atomic E-state index is 13.4. The number of aromatic nitrogens is 1. The van der Waals surface area contributed by atoms with Crippen molar-refractivity contribution in [2.45, 2.75) is 63.6 Å². The van der Waals surface area contributed by atoms with Crippen molar-refractivity contribution >= 4 is 40.0 Å². The third-order valence-corrected chi connectivity index (χ3v) is 10.2. The SMILES string of the molecule is O=C(Cn1ccc2ccc(N3Cc4cccc(Cl)c4C3=O)cc21)N1CCC2(CCC(N3CC(F)(F)C3)CC2)CC1. The number of anilines is 1. The summed E-state index contributed by atoms with van der Waals surface area (Å²) in [5, 5.41) is 1.49. The van der Waals surface area contributed by atoms with Crippen molar-refractivity contribution in [2.24, 2.45) is 5.41 Å². The van der Waals surface area contributed by atoms with Crippen LogP contribution in [0.1, 0.15) is 54.4 Å². The summed E-state index contributed by atoms with van der Waals surface area (Å²) in [6.45, 7) is 2.05. The highest BCUT2D eigenvalue weighted by molar-refractivity contribution is 6.35. The van der Waals surface area contributed by atoms with E-state index in [2.05, 4.69) is 0 Å². The fraction of sp³-hybridized carbons (Fsp3) is 0.484. The van der Waals surface area contributed by atoms with Crippen molar-refractivity contribution in [3.8, 4) is 0 Å². The summed E-state index contributed by atoms with van der Waals surface area (Å²) >= 11 is 6.31. The van der Waals surface area contributed by atoms with E-state index in [1.165, 1.54) is 0 Å². The van der Waals surface area contributed by atoms with E-state index in [-0.39, 0.29) is 36.9 Å². The van der Waals surface area contributed by atoms with Crippen LogP contribution >= 0.6 is 11.6 Å². The zero-order chi connectivity index (χ0) is 27.6. The highest BCUT2D eigenvalue weighted by atomic mass is 35.5. The largest absolute Gasteiger partial charge is 0.341 e. The Bertz CT molecular complexity index is 1480. The first-order valence-corrected chi connectivity index (χ1v) is 14.7. The maximum absolute atomic E-state index is 13.4. The lowest BCUT2D eigenvalue weighted by atomic mass is 9.66. The highest BCUT2D eigenvalue weighted by Crippen LogP contribution is 2.47. The first kappa shape index (κ1) is 26.0. The monoisotopic (exact) mass is 566 g/mol. The first-order valence-electron chi connectivity index (χ1n) is 14.3. The van der Waals surface area contributed by atoms with Gasteiger partial charge < -0.3 is 14.4 Å². The van der Waals surface area contributed by atoms with Gasteiger partial charge in [0.1, 0.15) is 6.54 Å². The minimum atomic E-state index is -2.50. The molecule has 1 aromatic heterocycles. The molecular weight excluding hydrogens is 534 g/mol. The second-order valence-corrected chi connectivity index (χ2v) is 12.6. The average molecular weight is 567 g/mol. The van der Waals surface area contributed by atoms with Gasteiger partial charge in [-0.15, -0.1) is 0 Å². The molecule has 0 bridgehead atoms. The van der Waals surface area contributed by atoms with Gasteiger partial charge in [-0.05, 0) is 79.2 Å². The van der Waals surface area contributed by atoms with Gasteiger partial charge in [0.2, 0.25) is 5.91 Å². The van der Waals surface area contributed by atoms with E-state index in [9.17, 15) is 18.4 Å². The third kappa shape index (κ3) is 4.49. The van der Waals surface area contributed by atoms with Gasteiger partial charge in [-0.25, -0.2) is 8.78 Å². The number of hydrogen-bond donors (Lipinski definition) is 0. The zero-order valence-electron chi connectivity index (χ0n) is 22.4. The number of carbonyl (C=O) groups excluding carboxylic acids is 2. The summed E-state index contributed by atoms with van der Waals surface area (Å²) in [5.74, 6) is -2.50. The van der Waals surface area contributed by atoms with Crippen LogP contribution in [0.25, 0.3) is 10.9 Å². The Morgan fingerprint density at radius 1 is 1.00 bits per heavy atom. The second-order valence-electron chi connectivity index (χ2n) is 12.2. The van der Waals surface area contributed by atoms with E-state index in [0.29, 0.717) is 23.2 Å². The number of likely N-dealkylation sites (tertiary alicyclic amines) is 2. The van der Waals surface area contributed by atoms with Crippen LogP contribution in [0.3, 0.4) is 0 Å². The van der Waals surface area contributed by atoms with Crippen LogP contribution in [0.15, 0.2) is 48.7 Å². The van der Waals surface area contributed by atoms with E-state index in [1.807, 2.05) is 57.0 Å². The summed E-state index contributed by atoms with van der Waals surface area (Å²) in [5.41, 5.74) is 3.44. The Kier molecular flexibility index (Phi) is 6.20. The van der Waals surface area contributed by atoms with Crippen LogP contribution in [0.5, 0.6) is 0 Å². The lowest BCUT2D eigenvalue weighted by Gasteiger charge is -2.51. The number of amides is 2. The van der Waals surface area contributed by atoms with Crippen LogP contribution in [0.2, 0.25) is 5.02 Å². The molecule has 4 aliphatic rings. The maximum Gasteiger partial charge on any atom is 0.272 e. The molecule has 3 fully saturated rings. The van der Waals surface area contributed by atoms with Gasteiger partial charge in [0.05, 0.1) is 35.7 Å². The van der Waals surface area contributed by atoms with Crippen molar-refractivity contribution in [3.05, 3.63) is 64.8 Å². The summed E-state index contributed by atoms with van der Waals surface area (Å²) in [6.07, 6.45) is 8.01. The molecule has 1 aliphatic carbocycles. The molecule has 1 spiro atoms. The quantitative estimate of drug-likeness (QED) is 0.392. The van der Waals surface area contributed by atoms with Crippen molar-refractivity contribution < 1.29 is 18.4 Å². The molecule has 4 heterocycles. The molecule has 3 aliphatic heterocycles. The number of alkyl halides is 2. The fourth-order valence-electron chi connectivity index (χ4n) is 7.37. The topological polar surface area (TPSA) is 48.8 Å². The number of nitrogens with zero attached hydrogens (tertiary/aromatic N) is 4. The molecule has 9 heteroatoms. The van der Waals surface area contributed by atoms with Crippen LogP contribution in [-0.2, 0) is 17.9 Å². The predicted molar refractivity (Wildman–Crippen MR) is 151 cm³/mol. The number of benzene rings is 2. The number of rotatable bonds is 4. The smallest absolute Gasteiger partial charge is 0.272 e. The predicted octanol–water partition coefficient (Wildman–Crippen LogP) is 5.96. The van der Waals surface area contributed by atoms with Crippen molar-refractivity contribution in [1.29, 1.82) is 0 Å². The lowest BCUT2D eigenvalue weighted by Crippen LogP contribution is -2.61. The van der Waals surface area contributed by atoms with Gasteiger partial charge in [-0.1, -0.05) is 29.8 Å². The molecule has 0 radical (unpaired) electrons. The number of hydrogen-bond acceptors (Lipinski definition) is 3. The van der Waals surface area contributed by atoms with Gasteiger partial charge in [0.15, 0.2) is 0 Å².